The lowest BCUT2D eigenvalue weighted by Crippen LogP contribution is -2.21. The number of hydrogen-bond acceptors (Lipinski definition) is 4. The fourth-order valence-electron chi connectivity index (χ4n) is 1.49. The van der Waals surface area contributed by atoms with E-state index in [-0.39, 0.29) is 0 Å². The normalized spacial score (nSPS) is 11.1. The van der Waals surface area contributed by atoms with E-state index in [1.165, 1.54) is 0 Å². The van der Waals surface area contributed by atoms with Gasteiger partial charge >= 0.3 is 0 Å². The van der Waals surface area contributed by atoms with Crippen molar-refractivity contribution in [1.82, 2.24) is 0 Å². The molecule has 0 aliphatic rings. The highest BCUT2D eigenvalue weighted by Crippen LogP contribution is 2.25. The van der Waals surface area contributed by atoms with Gasteiger partial charge in [0.2, 0.25) is 5.91 Å². The molecule has 1 aromatic rings. The Bertz CT molecular complexity index is 557. The Hall–Kier alpha value is -1.08. The number of sulfone groups is 1. The van der Waals surface area contributed by atoms with Gasteiger partial charge in [-0.25, -0.2) is 8.42 Å². The molecule has 0 spiro atoms. The first-order valence-electron chi connectivity index (χ1n) is 5.65. The van der Waals surface area contributed by atoms with E-state index in [1.54, 1.807) is 18.2 Å². The molecule has 7 heteroatoms. The van der Waals surface area contributed by atoms with Gasteiger partial charge in [-0.2, -0.15) is 0 Å². The molecule has 1 amide bonds. The number of ether oxygens (including phenoxy) is 1. The van der Waals surface area contributed by atoms with E-state index >= 15 is 0 Å². The summed E-state index contributed by atoms with van der Waals surface area (Å²) in [5, 5.41) is 3.13. The van der Waals surface area contributed by atoms with Crippen LogP contribution in [0.1, 0.15) is 12.5 Å². The second-order valence-electron chi connectivity index (χ2n) is 4.01. The van der Waals surface area contributed by atoms with Crippen molar-refractivity contribution in [3.63, 3.8) is 0 Å². The van der Waals surface area contributed by atoms with Crippen molar-refractivity contribution in [1.29, 1.82) is 0 Å². The van der Waals surface area contributed by atoms with Gasteiger partial charge in [0.25, 0.3) is 0 Å². The fraction of sp³-hybridized carbons (Fsp3) is 0.417. The van der Waals surface area contributed by atoms with Crippen LogP contribution in [0.5, 0.6) is 5.75 Å². The van der Waals surface area contributed by atoms with Crippen LogP contribution < -0.4 is 10.1 Å². The average molecular weight is 350 g/mol. The quantitative estimate of drug-likeness (QED) is 0.796. The first-order valence-corrected chi connectivity index (χ1v) is 8.83. The van der Waals surface area contributed by atoms with Gasteiger partial charge in [-0.05, 0) is 25.1 Å². The zero-order valence-electron chi connectivity index (χ0n) is 10.8. The number of carbonyl (C=O) groups is 1. The maximum atomic E-state index is 11.5. The van der Waals surface area contributed by atoms with E-state index in [2.05, 4.69) is 21.2 Å². The standard InChI is InChI=1S/C12H16BrNO4S/c1-3-18-11-5-4-10(6-9(11)7-13)14-12(15)8-19(2,16)17/h4-6H,3,7-8H2,1-2H3,(H,14,15). The van der Waals surface area contributed by atoms with Crippen molar-refractivity contribution in [3.8, 4) is 5.75 Å². The molecule has 0 radical (unpaired) electrons. The van der Waals surface area contributed by atoms with Crippen LogP contribution in [-0.4, -0.2) is 32.9 Å². The maximum Gasteiger partial charge on any atom is 0.239 e. The summed E-state index contributed by atoms with van der Waals surface area (Å²) in [6.45, 7) is 2.44. The molecule has 1 N–H and O–H groups in total. The monoisotopic (exact) mass is 349 g/mol. The Morgan fingerprint density at radius 1 is 1.42 bits per heavy atom. The molecule has 0 aromatic heterocycles. The lowest BCUT2D eigenvalue weighted by Gasteiger charge is -2.11. The second-order valence-corrected chi connectivity index (χ2v) is 6.71. The Labute approximate surface area is 121 Å². The Morgan fingerprint density at radius 3 is 2.63 bits per heavy atom. The van der Waals surface area contributed by atoms with Crippen LogP contribution in [0.3, 0.4) is 0 Å². The Morgan fingerprint density at radius 2 is 2.11 bits per heavy atom. The molecule has 0 aliphatic carbocycles. The van der Waals surface area contributed by atoms with Gasteiger partial charge in [0, 0.05) is 22.8 Å². The molecule has 0 unspecified atom stereocenters. The molecule has 106 valence electrons. The molecule has 19 heavy (non-hydrogen) atoms. The molecule has 1 rings (SSSR count). The molecule has 0 saturated heterocycles. The minimum absolute atomic E-state index is 0.524. The molecule has 0 bridgehead atoms. The molecular formula is C12H16BrNO4S. The van der Waals surface area contributed by atoms with Crippen molar-refractivity contribution >= 4 is 37.4 Å². The number of nitrogens with one attached hydrogen (secondary N) is 1. The number of carbonyl (C=O) groups excluding carboxylic acids is 1. The molecule has 5 nitrogen and oxygen atoms in total. The number of halogens is 1. The first-order chi connectivity index (χ1) is 8.85. The molecule has 0 atom stereocenters. The van der Waals surface area contributed by atoms with Gasteiger partial charge in [0.15, 0.2) is 9.84 Å². The lowest BCUT2D eigenvalue weighted by molar-refractivity contribution is -0.113. The summed E-state index contributed by atoms with van der Waals surface area (Å²) in [5.74, 6) is -0.336. The third kappa shape index (κ3) is 5.61. The van der Waals surface area contributed by atoms with Crippen molar-refractivity contribution in [2.45, 2.75) is 12.3 Å². The highest BCUT2D eigenvalue weighted by Gasteiger charge is 2.12. The minimum Gasteiger partial charge on any atom is -0.494 e. The first kappa shape index (κ1) is 16.0. The van der Waals surface area contributed by atoms with Crippen molar-refractivity contribution < 1.29 is 17.9 Å². The molecule has 0 fully saturated rings. The van der Waals surface area contributed by atoms with Gasteiger partial charge in [-0.3, -0.25) is 4.79 Å². The Balaban J connectivity index is 2.82. The van der Waals surface area contributed by atoms with E-state index in [9.17, 15) is 13.2 Å². The molecule has 0 heterocycles. The largest absolute Gasteiger partial charge is 0.494 e. The number of alkyl halides is 1. The molecule has 1 aromatic carbocycles. The maximum absolute atomic E-state index is 11.5. The lowest BCUT2D eigenvalue weighted by atomic mass is 10.2. The van der Waals surface area contributed by atoms with E-state index in [0.717, 1.165) is 17.6 Å². The van der Waals surface area contributed by atoms with Crippen molar-refractivity contribution in [2.24, 2.45) is 0 Å². The van der Waals surface area contributed by atoms with Gasteiger partial charge in [-0.15, -0.1) is 0 Å². The van der Waals surface area contributed by atoms with Crippen LogP contribution in [0.2, 0.25) is 0 Å². The highest BCUT2D eigenvalue weighted by molar-refractivity contribution is 9.08. The zero-order chi connectivity index (χ0) is 14.5. The predicted molar refractivity (Wildman–Crippen MR) is 78.6 cm³/mol. The summed E-state index contributed by atoms with van der Waals surface area (Å²) < 4.78 is 27.4. The summed E-state index contributed by atoms with van der Waals surface area (Å²) >= 11 is 3.34. The summed E-state index contributed by atoms with van der Waals surface area (Å²) in [7, 11) is -3.32. The number of rotatable bonds is 6. The number of amides is 1. The van der Waals surface area contributed by atoms with Crippen molar-refractivity contribution in [2.75, 3.05) is 23.9 Å². The minimum atomic E-state index is -3.32. The fourth-order valence-corrected chi connectivity index (χ4v) is 2.48. The summed E-state index contributed by atoms with van der Waals surface area (Å²) in [6.07, 6.45) is 1.02. The number of anilines is 1. The van der Waals surface area contributed by atoms with Gasteiger partial charge in [-0.1, -0.05) is 15.9 Å². The van der Waals surface area contributed by atoms with Crippen LogP contribution in [0.4, 0.5) is 5.69 Å². The van der Waals surface area contributed by atoms with Gasteiger partial charge in [0.1, 0.15) is 11.5 Å². The van der Waals surface area contributed by atoms with Crippen LogP contribution in [0.15, 0.2) is 18.2 Å². The summed E-state index contributed by atoms with van der Waals surface area (Å²) in [4.78, 5) is 11.5. The molecule has 0 aliphatic heterocycles. The number of benzene rings is 1. The SMILES string of the molecule is CCOc1ccc(NC(=O)CS(C)(=O)=O)cc1CBr. The third-order valence-corrected chi connectivity index (χ3v) is 3.57. The zero-order valence-corrected chi connectivity index (χ0v) is 13.2. The predicted octanol–water partition coefficient (Wildman–Crippen LogP) is 1.96. The average Bonchev–Trinajstić information content (AvgIpc) is 2.28. The summed E-state index contributed by atoms with van der Waals surface area (Å²) in [6, 6.07) is 5.17. The van der Waals surface area contributed by atoms with E-state index < -0.39 is 21.5 Å². The van der Waals surface area contributed by atoms with Crippen LogP contribution in [0, 0.1) is 0 Å². The highest BCUT2D eigenvalue weighted by atomic mass is 79.9. The molecular weight excluding hydrogens is 334 g/mol. The van der Waals surface area contributed by atoms with E-state index in [1.807, 2.05) is 6.92 Å². The summed E-state index contributed by atoms with van der Waals surface area (Å²) in [5.41, 5.74) is 1.44. The van der Waals surface area contributed by atoms with E-state index in [4.69, 9.17) is 4.74 Å². The molecule has 0 saturated carbocycles. The van der Waals surface area contributed by atoms with Crippen LogP contribution in [-0.2, 0) is 20.0 Å². The topological polar surface area (TPSA) is 72.5 Å². The smallest absolute Gasteiger partial charge is 0.239 e. The van der Waals surface area contributed by atoms with E-state index in [0.29, 0.717) is 17.6 Å². The second kappa shape index (κ2) is 6.91. The Kier molecular flexibility index (Phi) is 5.81. The van der Waals surface area contributed by atoms with Crippen molar-refractivity contribution in [3.05, 3.63) is 23.8 Å². The number of hydrogen-bond donors (Lipinski definition) is 1. The van der Waals surface area contributed by atoms with Crippen LogP contribution in [0.25, 0.3) is 0 Å². The van der Waals surface area contributed by atoms with Gasteiger partial charge < -0.3 is 10.1 Å². The third-order valence-electron chi connectivity index (χ3n) is 2.18. The van der Waals surface area contributed by atoms with Gasteiger partial charge in [0.05, 0.1) is 6.61 Å². The van der Waals surface area contributed by atoms with Crippen LogP contribution >= 0.6 is 15.9 Å².